The van der Waals surface area contributed by atoms with E-state index in [0.717, 1.165) is 42.4 Å². The monoisotopic (exact) mass is 439 g/mol. The summed E-state index contributed by atoms with van der Waals surface area (Å²) in [5.41, 5.74) is 1.71. The molecule has 0 atom stereocenters. The van der Waals surface area contributed by atoms with Gasteiger partial charge in [-0.25, -0.2) is 4.79 Å². The van der Waals surface area contributed by atoms with E-state index in [1.807, 2.05) is 63.6 Å². The van der Waals surface area contributed by atoms with Crippen molar-refractivity contribution in [1.29, 1.82) is 0 Å². The second-order valence-electron chi connectivity index (χ2n) is 8.62. The summed E-state index contributed by atoms with van der Waals surface area (Å²) in [5.74, 6) is 0.357. The molecule has 0 radical (unpaired) electrons. The second kappa shape index (κ2) is 9.63. The minimum Gasteiger partial charge on any atom is -0.342 e. The molecule has 0 spiro atoms. The molecule has 0 bridgehead atoms. The third-order valence-electron chi connectivity index (χ3n) is 6.75. The van der Waals surface area contributed by atoms with Gasteiger partial charge in [-0.1, -0.05) is 0 Å². The molecule has 8 nitrogen and oxygen atoms in total. The van der Waals surface area contributed by atoms with Gasteiger partial charge >= 0.3 is 6.03 Å². The Kier molecular flexibility index (Phi) is 6.67. The minimum atomic E-state index is -0.105. The number of hydrogen-bond acceptors (Lipinski definition) is 3. The number of nitrogens with zero attached hydrogens (tertiary/aromatic N) is 4. The highest BCUT2D eigenvalue weighted by molar-refractivity contribution is 5.93. The van der Waals surface area contributed by atoms with Gasteiger partial charge in [0.05, 0.1) is 0 Å². The Morgan fingerprint density at radius 3 is 2.50 bits per heavy atom. The van der Waals surface area contributed by atoms with E-state index >= 15 is 0 Å². The van der Waals surface area contributed by atoms with E-state index < -0.39 is 0 Å². The molecule has 2 saturated heterocycles. The summed E-state index contributed by atoms with van der Waals surface area (Å²) >= 11 is 0. The molecule has 8 heteroatoms. The van der Waals surface area contributed by atoms with Crippen molar-refractivity contribution >= 4 is 34.4 Å². The topological polar surface area (TPSA) is 77.9 Å². The van der Waals surface area contributed by atoms with Gasteiger partial charge in [0.25, 0.3) is 0 Å². The largest absolute Gasteiger partial charge is 0.342 e. The number of likely N-dealkylation sites (N-methyl/N-ethyl adjacent to an activating group) is 1. The average molecular weight is 440 g/mol. The van der Waals surface area contributed by atoms with E-state index in [9.17, 15) is 14.4 Å². The third-order valence-corrected chi connectivity index (χ3v) is 6.75. The van der Waals surface area contributed by atoms with Crippen molar-refractivity contribution in [3.63, 3.8) is 0 Å². The molecule has 3 heterocycles. The number of likely N-dealkylation sites (tertiary alicyclic amines) is 2. The van der Waals surface area contributed by atoms with Crippen molar-refractivity contribution < 1.29 is 14.4 Å². The molecule has 2 aromatic rings. The van der Waals surface area contributed by atoms with Gasteiger partial charge in [-0.15, -0.1) is 0 Å². The SMILES string of the molecule is CCN(CC)C(=O)Cn1ccc2cc(NC(=O)N3CCC(N4CCCC4=O)CC3)ccc21. The summed E-state index contributed by atoms with van der Waals surface area (Å²) in [5, 5.41) is 3.99. The van der Waals surface area contributed by atoms with E-state index in [1.54, 1.807) is 0 Å². The molecule has 172 valence electrons. The molecule has 4 amide bonds. The lowest BCUT2D eigenvalue weighted by molar-refractivity contribution is -0.131. The number of anilines is 1. The Labute approximate surface area is 189 Å². The van der Waals surface area contributed by atoms with Crippen LogP contribution in [0, 0.1) is 0 Å². The molecule has 2 aliphatic rings. The number of carbonyl (C=O) groups excluding carboxylic acids is 3. The Hall–Kier alpha value is -3.03. The van der Waals surface area contributed by atoms with E-state index in [1.165, 1.54) is 0 Å². The molecule has 0 aliphatic carbocycles. The highest BCUT2D eigenvalue weighted by atomic mass is 16.2. The zero-order valence-corrected chi connectivity index (χ0v) is 19.0. The van der Waals surface area contributed by atoms with Crippen molar-refractivity contribution in [2.24, 2.45) is 0 Å². The molecule has 32 heavy (non-hydrogen) atoms. The number of aromatic nitrogens is 1. The van der Waals surface area contributed by atoms with Gasteiger partial charge in [0.2, 0.25) is 11.8 Å². The Bertz CT molecular complexity index is 989. The highest BCUT2D eigenvalue weighted by Gasteiger charge is 2.31. The molecule has 2 fully saturated rings. The lowest BCUT2D eigenvalue weighted by Gasteiger charge is -2.36. The number of benzene rings is 1. The van der Waals surface area contributed by atoms with Crippen LogP contribution in [0.15, 0.2) is 30.5 Å². The summed E-state index contributed by atoms with van der Waals surface area (Å²) in [4.78, 5) is 42.8. The van der Waals surface area contributed by atoms with Crippen LogP contribution in [-0.2, 0) is 16.1 Å². The zero-order valence-electron chi connectivity index (χ0n) is 19.0. The second-order valence-corrected chi connectivity index (χ2v) is 8.62. The first-order valence-electron chi connectivity index (χ1n) is 11.7. The summed E-state index contributed by atoms with van der Waals surface area (Å²) in [6, 6.07) is 7.91. The summed E-state index contributed by atoms with van der Waals surface area (Å²) in [6.07, 6.45) is 5.20. The minimum absolute atomic E-state index is 0.101. The normalized spacial score (nSPS) is 17.2. The Morgan fingerprint density at radius 2 is 1.84 bits per heavy atom. The molecular formula is C24H33N5O3. The number of carbonyl (C=O) groups is 3. The third kappa shape index (κ3) is 4.59. The van der Waals surface area contributed by atoms with Crippen molar-refractivity contribution in [2.75, 3.05) is 38.0 Å². The van der Waals surface area contributed by atoms with Gasteiger partial charge in [-0.05, 0) is 57.4 Å². The number of urea groups is 1. The predicted octanol–water partition coefficient (Wildman–Crippen LogP) is 3.13. The quantitative estimate of drug-likeness (QED) is 0.751. The fourth-order valence-corrected chi connectivity index (χ4v) is 4.88. The number of piperidine rings is 1. The molecule has 0 saturated carbocycles. The number of rotatable bonds is 6. The summed E-state index contributed by atoms with van der Waals surface area (Å²) < 4.78 is 1.95. The number of hydrogen-bond donors (Lipinski definition) is 1. The van der Waals surface area contributed by atoms with Gasteiger partial charge in [0, 0.05) is 68.0 Å². The molecule has 4 rings (SSSR count). The predicted molar refractivity (Wildman–Crippen MR) is 124 cm³/mol. The van der Waals surface area contributed by atoms with Gasteiger partial charge in [-0.2, -0.15) is 0 Å². The number of amides is 4. The molecular weight excluding hydrogens is 406 g/mol. The van der Waals surface area contributed by atoms with E-state index in [-0.39, 0.29) is 23.9 Å². The van der Waals surface area contributed by atoms with Crippen molar-refractivity contribution in [1.82, 2.24) is 19.3 Å². The lowest BCUT2D eigenvalue weighted by Crippen LogP contribution is -2.48. The fourth-order valence-electron chi connectivity index (χ4n) is 4.88. The van der Waals surface area contributed by atoms with Crippen molar-refractivity contribution in [2.45, 2.75) is 52.1 Å². The maximum Gasteiger partial charge on any atom is 0.321 e. The lowest BCUT2D eigenvalue weighted by atomic mass is 10.0. The van der Waals surface area contributed by atoms with E-state index in [4.69, 9.17) is 0 Å². The zero-order chi connectivity index (χ0) is 22.7. The summed E-state index contributed by atoms with van der Waals surface area (Å²) in [6.45, 7) is 7.86. The van der Waals surface area contributed by atoms with E-state index in [2.05, 4.69) is 5.32 Å². The van der Waals surface area contributed by atoms with Crippen molar-refractivity contribution in [3.05, 3.63) is 30.5 Å². The van der Waals surface area contributed by atoms with Crippen LogP contribution in [0.25, 0.3) is 10.9 Å². The van der Waals surface area contributed by atoms with Crippen molar-refractivity contribution in [3.8, 4) is 0 Å². The van der Waals surface area contributed by atoms with Gasteiger partial charge in [0.1, 0.15) is 6.54 Å². The van der Waals surface area contributed by atoms with Crippen LogP contribution in [0.4, 0.5) is 10.5 Å². The molecule has 1 aromatic heterocycles. The highest BCUT2D eigenvalue weighted by Crippen LogP contribution is 2.24. The van der Waals surface area contributed by atoms with Crippen LogP contribution in [0.3, 0.4) is 0 Å². The van der Waals surface area contributed by atoms with Gasteiger partial charge in [-0.3, -0.25) is 9.59 Å². The first-order valence-corrected chi connectivity index (χ1v) is 11.7. The van der Waals surface area contributed by atoms with Crippen LogP contribution in [0.5, 0.6) is 0 Å². The van der Waals surface area contributed by atoms with Crippen LogP contribution in [-0.4, -0.2) is 75.9 Å². The van der Waals surface area contributed by atoms with Crippen LogP contribution >= 0.6 is 0 Å². The first kappa shape index (κ1) is 22.2. The fraction of sp³-hybridized carbons (Fsp3) is 0.542. The maximum atomic E-state index is 12.8. The van der Waals surface area contributed by atoms with Gasteiger partial charge < -0.3 is 24.6 Å². The molecule has 1 aromatic carbocycles. The standard InChI is InChI=1S/C24H33N5O3/c1-3-26(4-2)23(31)17-28-13-9-18-16-19(7-8-21(18)28)25-24(32)27-14-10-20(11-15-27)29-12-5-6-22(29)30/h7-9,13,16,20H,3-6,10-12,14-15,17H2,1-2H3,(H,25,32). The average Bonchev–Trinajstić information content (AvgIpc) is 3.40. The number of nitrogens with one attached hydrogen (secondary N) is 1. The van der Waals surface area contributed by atoms with Gasteiger partial charge in [0.15, 0.2) is 0 Å². The smallest absolute Gasteiger partial charge is 0.321 e. The first-order chi connectivity index (χ1) is 15.5. The Morgan fingerprint density at radius 1 is 1.09 bits per heavy atom. The maximum absolute atomic E-state index is 12.8. The molecule has 1 N–H and O–H groups in total. The van der Waals surface area contributed by atoms with E-state index in [0.29, 0.717) is 39.1 Å². The Balaban J connectivity index is 1.35. The van der Waals surface area contributed by atoms with Crippen LogP contribution in [0.2, 0.25) is 0 Å². The number of fused-ring (bicyclic) bond motifs is 1. The summed E-state index contributed by atoms with van der Waals surface area (Å²) in [7, 11) is 0. The molecule has 0 unspecified atom stereocenters. The van der Waals surface area contributed by atoms with Crippen LogP contribution < -0.4 is 5.32 Å². The van der Waals surface area contributed by atoms with Crippen LogP contribution in [0.1, 0.15) is 39.5 Å². The molecule has 2 aliphatic heterocycles.